The van der Waals surface area contributed by atoms with Crippen LogP contribution in [-0.2, 0) is 9.53 Å². The van der Waals surface area contributed by atoms with Crippen molar-refractivity contribution in [3.8, 4) is 6.07 Å². The van der Waals surface area contributed by atoms with Gasteiger partial charge in [0, 0.05) is 44.9 Å². The molecule has 0 fully saturated rings. The van der Waals surface area contributed by atoms with Crippen molar-refractivity contribution in [1.82, 2.24) is 4.90 Å². The Morgan fingerprint density at radius 1 is 1.31 bits per heavy atom. The highest BCUT2D eigenvalue weighted by Crippen LogP contribution is 2.34. The van der Waals surface area contributed by atoms with Crippen LogP contribution in [0.25, 0.3) is 5.57 Å². The van der Waals surface area contributed by atoms with Crippen molar-refractivity contribution in [3.05, 3.63) is 35.4 Å². The monoisotopic (exact) mass is 496 g/mol. The van der Waals surface area contributed by atoms with E-state index in [0.29, 0.717) is 26.2 Å². The number of anilines is 1. The molecule has 9 heteroatoms. The number of aliphatic imine (C=N–C) groups is 1. The Kier molecular flexibility index (Phi) is 9.63. The van der Waals surface area contributed by atoms with Crippen molar-refractivity contribution in [2.75, 3.05) is 38.3 Å². The van der Waals surface area contributed by atoms with Gasteiger partial charge in [0.1, 0.15) is 6.73 Å². The molecule has 1 atom stereocenters. The Morgan fingerprint density at radius 2 is 2.09 bits per heavy atom. The summed E-state index contributed by atoms with van der Waals surface area (Å²) in [4.78, 5) is 19.5. The summed E-state index contributed by atoms with van der Waals surface area (Å²) in [7, 11) is -1.21. The Labute approximate surface area is 210 Å². The van der Waals surface area contributed by atoms with Gasteiger partial charge in [-0.1, -0.05) is 31.8 Å². The number of rotatable bonds is 11. The summed E-state index contributed by atoms with van der Waals surface area (Å²) in [5.41, 5.74) is 15.9. The molecule has 0 spiro atoms. The molecule has 1 unspecified atom stereocenters. The molecule has 0 aromatic heterocycles. The lowest BCUT2D eigenvalue weighted by Crippen LogP contribution is -2.39. The van der Waals surface area contributed by atoms with E-state index >= 15 is 0 Å². The maximum absolute atomic E-state index is 13.3. The van der Waals surface area contributed by atoms with Crippen LogP contribution in [-0.4, -0.2) is 63.7 Å². The summed E-state index contributed by atoms with van der Waals surface area (Å²) >= 11 is 0. The highest BCUT2D eigenvalue weighted by molar-refractivity contribution is 6.76. The van der Waals surface area contributed by atoms with Gasteiger partial charge in [-0.05, 0) is 55.0 Å². The number of amides is 1. The third-order valence-corrected chi connectivity index (χ3v) is 8.24. The molecule has 2 aliphatic rings. The Hall–Kier alpha value is -2.51. The molecule has 0 saturated carbocycles. The molecule has 1 heterocycles. The van der Waals surface area contributed by atoms with Gasteiger partial charge in [0.25, 0.3) is 5.91 Å². The first kappa shape index (κ1) is 27.1. The van der Waals surface area contributed by atoms with Crippen LogP contribution in [0.15, 0.2) is 29.3 Å². The number of amidine groups is 1. The number of hydrogen-bond donors (Lipinski definition) is 3. The summed E-state index contributed by atoms with van der Waals surface area (Å²) in [5.74, 6) is -0.00256. The maximum Gasteiger partial charge on any atom is 0.291 e. The lowest BCUT2D eigenvalue weighted by atomic mass is 9.89. The molecule has 35 heavy (non-hydrogen) atoms. The molecule has 1 amide bonds. The number of carbonyl (C=O) groups excluding carboxylic acids is 1. The number of nitriles is 1. The van der Waals surface area contributed by atoms with E-state index in [9.17, 15) is 10.1 Å². The normalized spacial score (nSPS) is 18.3. The van der Waals surface area contributed by atoms with Crippen molar-refractivity contribution >= 4 is 31.1 Å². The largest absolute Gasteiger partial charge is 0.361 e. The predicted molar refractivity (Wildman–Crippen MR) is 145 cm³/mol. The minimum atomic E-state index is -1.21. The Morgan fingerprint density at radius 3 is 2.71 bits per heavy atom. The molecule has 1 aromatic carbocycles. The summed E-state index contributed by atoms with van der Waals surface area (Å²) in [6.45, 7) is 9.09. The molecule has 1 aromatic rings. The van der Waals surface area contributed by atoms with E-state index in [4.69, 9.17) is 16.2 Å². The standard InChI is InChI=1S/C26H40N6O2Si/c1-35(2,3)12-11-34-18-32-17-22(16-29)30-25(32)26(33)31-24-10-9-20(21(14-27)15-28)13-23(24)19-7-5-4-6-8-19/h7,9-10,13,21-22H,4-6,8,11-12,14-15,17-18,27-28H2,1-3H3,(H,31,33). The van der Waals surface area contributed by atoms with E-state index in [0.717, 1.165) is 42.1 Å². The molecular formula is C26H40N6O2Si. The van der Waals surface area contributed by atoms with E-state index in [2.05, 4.69) is 48.2 Å². The van der Waals surface area contributed by atoms with E-state index in [1.54, 1.807) is 4.90 Å². The number of nitrogens with one attached hydrogen (secondary N) is 1. The Bertz CT molecular complexity index is 991. The molecule has 0 bridgehead atoms. The summed E-state index contributed by atoms with van der Waals surface area (Å²) in [6, 6.07) is 8.66. The molecule has 3 rings (SSSR count). The second-order valence-corrected chi connectivity index (χ2v) is 16.2. The van der Waals surface area contributed by atoms with Crippen molar-refractivity contribution in [1.29, 1.82) is 5.26 Å². The molecule has 5 N–H and O–H groups in total. The van der Waals surface area contributed by atoms with Crippen LogP contribution in [0, 0.1) is 11.3 Å². The highest BCUT2D eigenvalue weighted by Gasteiger charge is 2.30. The fraction of sp³-hybridized carbons (Fsp3) is 0.577. The topological polar surface area (TPSA) is 130 Å². The zero-order valence-electron chi connectivity index (χ0n) is 21.3. The van der Waals surface area contributed by atoms with Crippen LogP contribution < -0.4 is 16.8 Å². The number of ether oxygens (including phenoxy) is 1. The third-order valence-electron chi connectivity index (χ3n) is 6.54. The van der Waals surface area contributed by atoms with E-state index in [-0.39, 0.29) is 24.4 Å². The second-order valence-electron chi connectivity index (χ2n) is 10.6. The smallest absolute Gasteiger partial charge is 0.291 e. The summed E-state index contributed by atoms with van der Waals surface area (Å²) in [6.07, 6.45) is 6.56. The first-order chi connectivity index (χ1) is 16.8. The van der Waals surface area contributed by atoms with Crippen LogP contribution >= 0.6 is 0 Å². The molecular weight excluding hydrogens is 456 g/mol. The lowest BCUT2D eigenvalue weighted by molar-refractivity contribution is -0.111. The maximum atomic E-state index is 13.3. The first-order valence-electron chi connectivity index (χ1n) is 12.6. The van der Waals surface area contributed by atoms with Gasteiger partial charge in [-0.3, -0.25) is 4.79 Å². The fourth-order valence-electron chi connectivity index (χ4n) is 4.32. The molecule has 0 radical (unpaired) electrons. The van der Waals surface area contributed by atoms with Crippen molar-refractivity contribution in [2.45, 2.75) is 63.3 Å². The average Bonchev–Trinajstić information content (AvgIpc) is 3.27. The number of allylic oxidation sites excluding steroid dienone is 2. The first-order valence-corrected chi connectivity index (χ1v) is 16.3. The molecule has 190 valence electrons. The van der Waals surface area contributed by atoms with Gasteiger partial charge in [-0.25, -0.2) is 4.99 Å². The molecule has 0 saturated heterocycles. The second kappa shape index (κ2) is 12.4. The van der Waals surface area contributed by atoms with Crippen LogP contribution in [0.3, 0.4) is 0 Å². The summed E-state index contributed by atoms with van der Waals surface area (Å²) < 4.78 is 5.86. The van der Waals surface area contributed by atoms with Gasteiger partial charge < -0.3 is 26.4 Å². The van der Waals surface area contributed by atoms with Crippen molar-refractivity contribution in [3.63, 3.8) is 0 Å². The zero-order valence-corrected chi connectivity index (χ0v) is 22.3. The van der Waals surface area contributed by atoms with Crippen LogP contribution in [0.4, 0.5) is 5.69 Å². The third kappa shape index (κ3) is 7.48. The van der Waals surface area contributed by atoms with Crippen LogP contribution in [0.2, 0.25) is 25.7 Å². The number of benzene rings is 1. The minimum absolute atomic E-state index is 0.0714. The van der Waals surface area contributed by atoms with E-state index < -0.39 is 14.1 Å². The van der Waals surface area contributed by atoms with Gasteiger partial charge >= 0.3 is 0 Å². The van der Waals surface area contributed by atoms with Gasteiger partial charge in [0.2, 0.25) is 0 Å². The van der Waals surface area contributed by atoms with Gasteiger partial charge in [0.05, 0.1) is 12.6 Å². The number of nitrogens with zero attached hydrogens (tertiary/aromatic N) is 3. The minimum Gasteiger partial charge on any atom is -0.361 e. The quantitative estimate of drug-likeness (QED) is 0.317. The van der Waals surface area contributed by atoms with Crippen LogP contribution in [0.1, 0.15) is 42.7 Å². The average molecular weight is 497 g/mol. The fourth-order valence-corrected chi connectivity index (χ4v) is 5.08. The van der Waals surface area contributed by atoms with Gasteiger partial charge in [0.15, 0.2) is 11.9 Å². The predicted octanol–water partition coefficient (Wildman–Crippen LogP) is 3.50. The van der Waals surface area contributed by atoms with Gasteiger partial charge in [-0.15, -0.1) is 0 Å². The van der Waals surface area contributed by atoms with Gasteiger partial charge in [-0.2, -0.15) is 5.26 Å². The molecule has 1 aliphatic carbocycles. The summed E-state index contributed by atoms with van der Waals surface area (Å²) in [5, 5.41) is 12.5. The zero-order chi connectivity index (χ0) is 25.4. The van der Waals surface area contributed by atoms with E-state index in [1.165, 1.54) is 12.0 Å². The lowest BCUT2D eigenvalue weighted by Gasteiger charge is -2.23. The van der Waals surface area contributed by atoms with E-state index in [1.807, 2.05) is 12.1 Å². The molecule has 1 aliphatic heterocycles. The van der Waals surface area contributed by atoms with Crippen molar-refractivity contribution < 1.29 is 9.53 Å². The number of nitrogens with two attached hydrogens (primary N) is 2. The SMILES string of the molecule is C[Si](C)(C)CCOCN1CC(C#N)N=C1C(=O)Nc1ccc(C(CN)CN)cc1C1=CCCCC1. The van der Waals surface area contributed by atoms with Crippen LogP contribution in [0.5, 0.6) is 0 Å². The Balaban J connectivity index is 1.80. The number of hydrogen-bond acceptors (Lipinski definition) is 7. The number of carbonyl (C=O) groups is 1. The van der Waals surface area contributed by atoms with Crippen molar-refractivity contribution in [2.24, 2.45) is 16.5 Å². The highest BCUT2D eigenvalue weighted by atomic mass is 28.3. The molecule has 8 nitrogen and oxygen atoms in total.